The molecule has 1 aromatic carbocycles. The van der Waals surface area contributed by atoms with Gasteiger partial charge in [0.1, 0.15) is 46.6 Å². The fourth-order valence-electron chi connectivity index (χ4n) is 5.59. The number of nitrogens with zero attached hydrogens (tertiary/aromatic N) is 5. The van der Waals surface area contributed by atoms with E-state index in [-0.39, 0.29) is 0 Å². The largest absolute Gasteiger partial charge is 0.422 e. The Morgan fingerprint density at radius 2 is 1.07 bits per heavy atom. The van der Waals surface area contributed by atoms with Crippen molar-refractivity contribution in [2.45, 2.75) is 25.4 Å². The van der Waals surface area contributed by atoms with Crippen LogP contribution in [0, 0.1) is 85.9 Å². The normalized spacial score (nSPS) is 23.5. The second-order valence-electron chi connectivity index (χ2n) is 11.0. The van der Waals surface area contributed by atoms with Crippen molar-refractivity contribution in [2.24, 2.45) is 11.8 Å². The average Bonchev–Trinajstić information content (AvgIpc) is 3.82. The van der Waals surface area contributed by atoms with Crippen molar-refractivity contribution in [3.05, 3.63) is 120 Å². The number of halogens is 17. The molecule has 3 atom stereocenters. The maximum absolute atomic E-state index is 15.5. The molecule has 5 nitrogen and oxygen atoms in total. The molecule has 0 amide bonds. The van der Waals surface area contributed by atoms with Crippen LogP contribution in [0.3, 0.4) is 0 Å². The lowest BCUT2D eigenvalue weighted by atomic mass is 9.85. The number of allylic oxidation sites excluding steroid dienone is 16. The minimum atomic E-state index is -6.56. The molecule has 0 aromatic heterocycles. The molecule has 0 saturated heterocycles. The van der Waals surface area contributed by atoms with Crippen molar-refractivity contribution in [1.82, 2.24) is 0 Å². The molecule has 4 rings (SSSR count). The topological polar surface area (TPSA) is 119 Å². The van der Waals surface area contributed by atoms with E-state index in [0.717, 1.165) is 18.2 Å². The van der Waals surface area contributed by atoms with E-state index < -0.39 is 155 Å². The van der Waals surface area contributed by atoms with Crippen LogP contribution in [-0.2, 0) is 12.4 Å². The fraction of sp³-hybridized carbons (Fsp3) is 0.182. The average molecular weight is 795 g/mol. The zero-order valence-corrected chi connectivity index (χ0v) is 25.9. The van der Waals surface area contributed by atoms with Gasteiger partial charge in [-0.05, 0) is 0 Å². The zero-order chi connectivity index (χ0) is 42.0. The third kappa shape index (κ3) is 6.21. The molecule has 2 unspecified atom stereocenters. The van der Waals surface area contributed by atoms with Crippen LogP contribution in [0.15, 0.2) is 85.4 Å². The number of hydrogen-bond donors (Lipinski definition) is 0. The summed E-state index contributed by atoms with van der Waals surface area (Å²) in [4.78, 5) is 0. The molecule has 1 aromatic rings. The van der Waals surface area contributed by atoms with Crippen LogP contribution in [-0.4, -0.2) is 6.17 Å². The summed E-state index contributed by atoms with van der Waals surface area (Å²) in [5, 5.41) is 47.8. The third-order valence-electron chi connectivity index (χ3n) is 8.10. The summed E-state index contributed by atoms with van der Waals surface area (Å²) in [5.41, 5.74) is -27.3. The van der Waals surface area contributed by atoms with Crippen LogP contribution in [0.25, 0.3) is 5.57 Å². The van der Waals surface area contributed by atoms with Gasteiger partial charge in [-0.3, -0.25) is 0 Å². The van der Waals surface area contributed by atoms with Gasteiger partial charge in [-0.2, -0.15) is 52.7 Å². The number of benzene rings is 1. The van der Waals surface area contributed by atoms with Gasteiger partial charge in [-0.25, -0.2) is 48.3 Å². The van der Waals surface area contributed by atoms with Crippen LogP contribution in [0.4, 0.5) is 74.6 Å². The van der Waals surface area contributed by atoms with E-state index >= 15 is 35.1 Å². The predicted octanol–water partition coefficient (Wildman–Crippen LogP) is 10.7. The van der Waals surface area contributed by atoms with Crippen LogP contribution in [0.2, 0.25) is 0 Å². The number of hydrogen-bond acceptors (Lipinski definition) is 5. The van der Waals surface area contributed by atoms with Gasteiger partial charge in [0, 0.05) is 28.2 Å². The van der Waals surface area contributed by atoms with Gasteiger partial charge in [0.25, 0.3) is 0 Å². The molecular weight excluding hydrogens is 789 g/mol. The summed E-state index contributed by atoms with van der Waals surface area (Å²) in [5.74, 6) is -33.9. The van der Waals surface area contributed by atoms with Crippen LogP contribution in [0.1, 0.15) is 23.6 Å². The number of alkyl halides is 7. The first-order valence-electron chi connectivity index (χ1n) is 14.0. The molecule has 0 bridgehead atoms. The first-order valence-corrected chi connectivity index (χ1v) is 14.0. The van der Waals surface area contributed by atoms with Crippen molar-refractivity contribution in [1.29, 1.82) is 26.3 Å². The summed E-state index contributed by atoms with van der Waals surface area (Å²) in [6.07, 6.45) is -16.7. The van der Waals surface area contributed by atoms with Crippen LogP contribution >= 0.6 is 0 Å². The molecule has 22 heteroatoms. The SMILES string of the molecule is C[C@@H]1C(F)=C(F)C(/C(C#N)=C2\C(=C(/C#N)c3c(F)c(F)c(C(F)(F)F)c(F)c3C(F)(F)F)\C2=C(/C#N)C2C(F)=C(F)C(C#N)=C(F)C2F)=C(F)C(F)=C1C#N. The molecular formula is C33H6F17N5. The Morgan fingerprint density at radius 3 is 1.53 bits per heavy atom. The van der Waals surface area contributed by atoms with Crippen molar-refractivity contribution >= 4 is 5.57 Å². The quantitative estimate of drug-likeness (QED) is 0.171. The predicted molar refractivity (Wildman–Crippen MR) is 146 cm³/mol. The van der Waals surface area contributed by atoms with Crippen molar-refractivity contribution in [2.75, 3.05) is 0 Å². The van der Waals surface area contributed by atoms with E-state index in [1.54, 1.807) is 0 Å². The number of rotatable bonds is 3. The highest BCUT2D eigenvalue weighted by molar-refractivity contribution is 6.01. The summed E-state index contributed by atoms with van der Waals surface area (Å²) in [6, 6.07) is 3.95. The highest BCUT2D eigenvalue weighted by atomic mass is 19.4. The van der Waals surface area contributed by atoms with Gasteiger partial charge in [-0.15, -0.1) is 0 Å². The molecule has 282 valence electrons. The lowest BCUT2D eigenvalue weighted by molar-refractivity contribution is -0.150. The van der Waals surface area contributed by atoms with Gasteiger partial charge in [0.05, 0.1) is 45.9 Å². The standard InChI is InChI=1S/C33H6F17N5/c1-7-8(2-51)22(35)27(40)17(26(39)21(7)34)10(4-53)14-13(15(14)11(5-54)18-28(41)23(36)12(6-55)24(37)29(18)42)9(3-52)16-19(32(45,46)47)30(43)20(33(48,49)50)31(44)25(16)38/h7,18,28H,1H3/b13-9-,14-10+,15-11-/t7-,18?,28?/m0/s1. The second kappa shape index (κ2) is 14.0. The van der Waals surface area contributed by atoms with Crippen molar-refractivity contribution in [3.8, 4) is 30.3 Å². The fourth-order valence-corrected chi connectivity index (χ4v) is 5.59. The summed E-state index contributed by atoms with van der Waals surface area (Å²) in [7, 11) is 0. The Bertz CT molecular complexity index is 2480. The Labute approximate surface area is 294 Å². The Hall–Kier alpha value is -6.60. The molecule has 0 radical (unpaired) electrons. The Balaban J connectivity index is 2.40. The molecule has 0 spiro atoms. The van der Waals surface area contributed by atoms with Gasteiger partial charge in [0.2, 0.25) is 0 Å². The van der Waals surface area contributed by atoms with E-state index in [2.05, 4.69) is 0 Å². The maximum Gasteiger partial charge on any atom is 0.422 e. The summed E-state index contributed by atoms with van der Waals surface area (Å²) >= 11 is 0. The molecule has 0 aliphatic heterocycles. The minimum absolute atomic E-state index is 0.554. The second-order valence-corrected chi connectivity index (χ2v) is 11.0. The molecule has 55 heavy (non-hydrogen) atoms. The van der Waals surface area contributed by atoms with E-state index in [4.69, 9.17) is 5.26 Å². The zero-order valence-electron chi connectivity index (χ0n) is 25.9. The molecule has 0 heterocycles. The van der Waals surface area contributed by atoms with Crippen LogP contribution < -0.4 is 0 Å². The van der Waals surface area contributed by atoms with Crippen molar-refractivity contribution < 1.29 is 74.6 Å². The van der Waals surface area contributed by atoms with E-state index in [1.165, 1.54) is 0 Å². The molecule has 1 saturated carbocycles. The first-order chi connectivity index (χ1) is 25.4. The molecule has 0 N–H and O–H groups in total. The van der Waals surface area contributed by atoms with Crippen LogP contribution in [0.5, 0.6) is 0 Å². The summed E-state index contributed by atoms with van der Waals surface area (Å²) < 4.78 is 249. The maximum atomic E-state index is 15.5. The van der Waals surface area contributed by atoms with Gasteiger partial charge < -0.3 is 0 Å². The van der Waals surface area contributed by atoms with E-state index in [1.807, 2.05) is 0 Å². The minimum Gasteiger partial charge on any atom is -0.238 e. The third-order valence-corrected chi connectivity index (χ3v) is 8.10. The molecule has 3 aliphatic rings. The van der Waals surface area contributed by atoms with Gasteiger partial charge in [-0.1, -0.05) is 6.92 Å². The lowest BCUT2D eigenvalue weighted by Crippen LogP contribution is -2.25. The van der Waals surface area contributed by atoms with Crippen molar-refractivity contribution in [3.63, 3.8) is 0 Å². The highest BCUT2D eigenvalue weighted by Crippen LogP contribution is 2.59. The number of nitriles is 5. The molecule has 3 aliphatic carbocycles. The Morgan fingerprint density at radius 1 is 0.545 bits per heavy atom. The first kappa shape index (κ1) is 41.2. The lowest BCUT2D eigenvalue weighted by Gasteiger charge is -2.22. The van der Waals surface area contributed by atoms with E-state index in [0.29, 0.717) is 19.1 Å². The Kier molecular flexibility index (Phi) is 10.5. The van der Waals surface area contributed by atoms with E-state index in [9.17, 15) is 60.6 Å². The summed E-state index contributed by atoms with van der Waals surface area (Å²) in [6.45, 7) is 0.554. The monoisotopic (exact) mass is 795 g/mol. The molecule has 1 fully saturated rings. The van der Waals surface area contributed by atoms with Gasteiger partial charge >= 0.3 is 12.4 Å². The smallest absolute Gasteiger partial charge is 0.238 e. The van der Waals surface area contributed by atoms with Gasteiger partial charge in [0.15, 0.2) is 52.8 Å². The highest BCUT2D eigenvalue weighted by Gasteiger charge is 2.53.